The zero-order valence-corrected chi connectivity index (χ0v) is 19.7. The molecule has 0 aromatic heterocycles. The number of hydrogen-bond acceptors (Lipinski definition) is 4. The normalized spacial score (nSPS) is 16.4. The smallest absolute Gasteiger partial charge is 0.239 e. The number of anilines is 1. The van der Waals surface area contributed by atoms with Gasteiger partial charge in [0.25, 0.3) is 0 Å². The quantitative estimate of drug-likeness (QED) is 0.405. The summed E-state index contributed by atoms with van der Waals surface area (Å²) < 4.78 is 6.10. The van der Waals surface area contributed by atoms with Gasteiger partial charge in [0.2, 0.25) is 5.91 Å². The van der Waals surface area contributed by atoms with Gasteiger partial charge in [-0.05, 0) is 61.9 Å². The molecule has 1 saturated heterocycles. The van der Waals surface area contributed by atoms with Crippen molar-refractivity contribution in [1.29, 1.82) is 0 Å². The maximum atomic E-state index is 11.6. The van der Waals surface area contributed by atoms with Gasteiger partial charge in [-0.1, -0.05) is 24.3 Å². The molecule has 1 saturated carbocycles. The Morgan fingerprint density at radius 1 is 1.18 bits per heavy atom. The van der Waals surface area contributed by atoms with E-state index in [0.717, 1.165) is 54.1 Å². The minimum absolute atomic E-state index is 0.0750. The van der Waals surface area contributed by atoms with Crippen molar-refractivity contribution in [3.63, 3.8) is 0 Å². The van der Waals surface area contributed by atoms with E-state index in [1.54, 1.807) is 0 Å². The van der Waals surface area contributed by atoms with Crippen LogP contribution in [0.4, 0.5) is 5.69 Å². The molecule has 1 amide bonds. The molecule has 33 heavy (non-hydrogen) atoms. The maximum absolute atomic E-state index is 11.6. The van der Waals surface area contributed by atoms with Crippen molar-refractivity contribution in [3.05, 3.63) is 59.2 Å². The number of piperazine rings is 1. The molecule has 1 heterocycles. The number of aliphatic imine (C=N–C) groups is 1. The third-order valence-electron chi connectivity index (χ3n) is 5.94. The number of benzene rings is 2. The Hall–Kier alpha value is -3.22. The van der Waals surface area contributed by atoms with Gasteiger partial charge in [-0.25, -0.2) is 4.99 Å². The summed E-state index contributed by atoms with van der Waals surface area (Å²) in [5.41, 5.74) is 4.54. The Morgan fingerprint density at radius 3 is 2.73 bits per heavy atom. The van der Waals surface area contributed by atoms with Gasteiger partial charge in [0.05, 0.1) is 19.7 Å². The highest BCUT2D eigenvalue weighted by atomic mass is 16.5. The molecule has 1 aliphatic heterocycles. The number of guanidine groups is 1. The second-order valence-corrected chi connectivity index (χ2v) is 8.85. The highest BCUT2D eigenvalue weighted by Crippen LogP contribution is 2.30. The van der Waals surface area contributed by atoms with Gasteiger partial charge in [0.1, 0.15) is 5.75 Å². The van der Waals surface area contributed by atoms with Crippen molar-refractivity contribution in [2.75, 3.05) is 37.7 Å². The molecule has 7 heteroatoms. The fourth-order valence-electron chi connectivity index (χ4n) is 3.80. The molecule has 2 aromatic carbocycles. The van der Waals surface area contributed by atoms with Crippen LogP contribution in [0.15, 0.2) is 47.5 Å². The SMILES string of the molecule is CCNC(=NCc1ccc(N2CCNC(=O)C2)cc1)NCc1ccc(C)cc1OCC1CC1. The minimum atomic E-state index is 0.0750. The number of nitrogens with one attached hydrogen (secondary N) is 3. The number of aryl methyl sites for hydroxylation is 1. The van der Waals surface area contributed by atoms with Gasteiger partial charge < -0.3 is 25.6 Å². The number of ether oxygens (including phenoxy) is 1. The lowest BCUT2D eigenvalue weighted by Crippen LogP contribution is -2.47. The molecule has 2 aliphatic rings. The predicted octanol–water partition coefficient (Wildman–Crippen LogP) is 2.98. The summed E-state index contributed by atoms with van der Waals surface area (Å²) in [5.74, 6) is 2.55. The molecule has 0 atom stereocenters. The molecule has 0 spiro atoms. The van der Waals surface area contributed by atoms with E-state index in [9.17, 15) is 4.79 Å². The summed E-state index contributed by atoms with van der Waals surface area (Å²) in [7, 11) is 0. The largest absolute Gasteiger partial charge is 0.493 e. The van der Waals surface area contributed by atoms with E-state index in [0.29, 0.717) is 26.2 Å². The van der Waals surface area contributed by atoms with Crippen molar-refractivity contribution in [3.8, 4) is 5.75 Å². The minimum Gasteiger partial charge on any atom is -0.493 e. The molecular formula is C26H35N5O2. The second-order valence-electron chi connectivity index (χ2n) is 8.85. The second kappa shape index (κ2) is 11.1. The van der Waals surface area contributed by atoms with Gasteiger partial charge in [-0.3, -0.25) is 4.79 Å². The maximum Gasteiger partial charge on any atom is 0.239 e. The number of hydrogen-bond donors (Lipinski definition) is 3. The van der Waals surface area contributed by atoms with Gasteiger partial charge in [-0.2, -0.15) is 0 Å². The molecular weight excluding hydrogens is 414 g/mol. The van der Waals surface area contributed by atoms with E-state index in [2.05, 4.69) is 77.2 Å². The fourth-order valence-corrected chi connectivity index (χ4v) is 3.80. The first kappa shape index (κ1) is 23.0. The van der Waals surface area contributed by atoms with E-state index < -0.39 is 0 Å². The van der Waals surface area contributed by atoms with E-state index in [1.807, 2.05) is 0 Å². The average Bonchev–Trinajstić information content (AvgIpc) is 3.65. The van der Waals surface area contributed by atoms with Gasteiger partial charge >= 0.3 is 0 Å². The summed E-state index contributed by atoms with van der Waals surface area (Å²) in [6, 6.07) is 14.7. The predicted molar refractivity (Wildman–Crippen MR) is 133 cm³/mol. The molecule has 0 unspecified atom stereocenters. The molecule has 176 valence electrons. The highest BCUT2D eigenvalue weighted by Gasteiger charge is 2.22. The lowest BCUT2D eigenvalue weighted by Gasteiger charge is -2.28. The average molecular weight is 450 g/mol. The van der Waals surface area contributed by atoms with E-state index in [-0.39, 0.29) is 5.91 Å². The van der Waals surface area contributed by atoms with Crippen LogP contribution in [0.1, 0.15) is 36.5 Å². The molecule has 4 rings (SSSR count). The summed E-state index contributed by atoms with van der Waals surface area (Å²) in [6.45, 7) is 8.94. The third kappa shape index (κ3) is 6.88. The Labute approximate surface area is 196 Å². The van der Waals surface area contributed by atoms with Crippen LogP contribution >= 0.6 is 0 Å². The molecule has 2 fully saturated rings. The van der Waals surface area contributed by atoms with Crippen molar-refractivity contribution in [2.45, 2.75) is 39.8 Å². The Kier molecular flexibility index (Phi) is 7.70. The summed E-state index contributed by atoms with van der Waals surface area (Å²) in [6.07, 6.45) is 2.57. The lowest BCUT2D eigenvalue weighted by atomic mass is 10.1. The van der Waals surface area contributed by atoms with E-state index in [4.69, 9.17) is 9.73 Å². The van der Waals surface area contributed by atoms with Crippen LogP contribution < -0.4 is 25.6 Å². The van der Waals surface area contributed by atoms with E-state index in [1.165, 1.54) is 18.4 Å². The van der Waals surface area contributed by atoms with Crippen LogP contribution in [0.5, 0.6) is 5.75 Å². The molecule has 2 aromatic rings. The van der Waals surface area contributed by atoms with Crippen LogP contribution in [-0.2, 0) is 17.9 Å². The van der Waals surface area contributed by atoms with E-state index >= 15 is 0 Å². The van der Waals surface area contributed by atoms with Gasteiger partial charge in [-0.15, -0.1) is 0 Å². The zero-order chi connectivity index (χ0) is 23.0. The third-order valence-corrected chi connectivity index (χ3v) is 5.94. The first-order chi connectivity index (χ1) is 16.1. The number of amides is 1. The summed E-state index contributed by atoms with van der Waals surface area (Å²) >= 11 is 0. The van der Waals surface area contributed by atoms with Crippen molar-refractivity contribution in [1.82, 2.24) is 16.0 Å². The van der Waals surface area contributed by atoms with Crippen LogP contribution in [0.2, 0.25) is 0 Å². The monoisotopic (exact) mass is 449 g/mol. The number of carbonyl (C=O) groups is 1. The first-order valence-corrected chi connectivity index (χ1v) is 12.0. The van der Waals surface area contributed by atoms with Gasteiger partial charge in [0.15, 0.2) is 5.96 Å². The first-order valence-electron chi connectivity index (χ1n) is 12.0. The summed E-state index contributed by atoms with van der Waals surface area (Å²) in [5, 5.41) is 9.63. The molecule has 3 N–H and O–H groups in total. The summed E-state index contributed by atoms with van der Waals surface area (Å²) in [4.78, 5) is 18.5. The Morgan fingerprint density at radius 2 is 2.00 bits per heavy atom. The van der Waals surface area contributed by atoms with Crippen molar-refractivity contribution < 1.29 is 9.53 Å². The highest BCUT2D eigenvalue weighted by molar-refractivity contribution is 5.82. The van der Waals surface area contributed by atoms with Crippen LogP contribution in [0, 0.1) is 12.8 Å². The standard InChI is InChI=1S/C26H35N5O2/c1-3-27-26(30-16-22-9-4-19(2)14-24(22)33-18-21-5-6-21)29-15-20-7-10-23(11-8-20)31-13-12-28-25(32)17-31/h4,7-11,14,21H,3,5-6,12-13,15-18H2,1-2H3,(H,28,32)(H2,27,29,30). The van der Waals surface area contributed by atoms with Gasteiger partial charge in [0, 0.05) is 37.4 Å². The molecule has 7 nitrogen and oxygen atoms in total. The van der Waals surface area contributed by atoms with Crippen LogP contribution in [-0.4, -0.2) is 44.7 Å². The Balaban J connectivity index is 1.35. The lowest BCUT2D eigenvalue weighted by molar-refractivity contribution is -0.120. The van der Waals surface area contributed by atoms with Crippen LogP contribution in [0.3, 0.4) is 0 Å². The van der Waals surface area contributed by atoms with Crippen molar-refractivity contribution >= 4 is 17.6 Å². The molecule has 1 aliphatic carbocycles. The molecule has 0 bridgehead atoms. The van der Waals surface area contributed by atoms with Crippen molar-refractivity contribution in [2.24, 2.45) is 10.9 Å². The fraction of sp³-hybridized carbons (Fsp3) is 0.462. The topological polar surface area (TPSA) is 78.0 Å². The Bertz CT molecular complexity index is 969. The number of carbonyl (C=O) groups excluding carboxylic acids is 1. The molecule has 0 radical (unpaired) electrons. The van der Waals surface area contributed by atoms with Crippen LogP contribution in [0.25, 0.3) is 0 Å². The number of nitrogens with zero attached hydrogens (tertiary/aromatic N) is 2. The number of rotatable bonds is 9. The zero-order valence-electron chi connectivity index (χ0n) is 19.7.